The van der Waals surface area contributed by atoms with Crippen molar-refractivity contribution in [3.8, 4) is 5.75 Å². The molecule has 0 aromatic heterocycles. The molecule has 1 unspecified atom stereocenters. The van der Waals surface area contributed by atoms with Crippen LogP contribution >= 0.6 is 0 Å². The van der Waals surface area contributed by atoms with Gasteiger partial charge in [0.15, 0.2) is 0 Å². The number of nitrogens with one attached hydrogen (secondary N) is 1. The maximum atomic E-state index is 12.7. The van der Waals surface area contributed by atoms with Gasteiger partial charge in [-0.1, -0.05) is 24.3 Å². The lowest BCUT2D eigenvalue weighted by Crippen LogP contribution is -2.40. The first-order valence-electron chi connectivity index (χ1n) is 7.84. The number of carbonyl (C=O) groups excluding carboxylic acids is 1. The summed E-state index contributed by atoms with van der Waals surface area (Å²) in [6.07, 6.45) is -3.43. The average Bonchev–Trinajstić information content (AvgIpc) is 2.75. The van der Waals surface area contributed by atoms with Gasteiger partial charge in [0.05, 0.1) is 12.1 Å². The van der Waals surface area contributed by atoms with Crippen LogP contribution in [0.2, 0.25) is 0 Å². The van der Waals surface area contributed by atoms with Crippen LogP contribution in [0.25, 0.3) is 0 Å². The monoisotopic (exact) mass is 350 g/mol. The Bertz CT molecular complexity index is 732. The van der Waals surface area contributed by atoms with Gasteiger partial charge in [-0.05, 0) is 41.8 Å². The summed E-state index contributed by atoms with van der Waals surface area (Å²) in [4.78, 5) is 10.8. The molecule has 1 N–H and O–H groups in total. The van der Waals surface area contributed by atoms with Gasteiger partial charge in [0, 0.05) is 6.54 Å². The van der Waals surface area contributed by atoms with E-state index in [1.165, 1.54) is 12.1 Å². The van der Waals surface area contributed by atoms with Gasteiger partial charge in [-0.2, -0.15) is 13.2 Å². The van der Waals surface area contributed by atoms with Gasteiger partial charge in [-0.3, -0.25) is 10.2 Å². The third-order valence-electron chi connectivity index (χ3n) is 4.13. The Labute approximate surface area is 143 Å². The lowest BCUT2D eigenvalue weighted by atomic mass is 10.0. The quantitative estimate of drug-likeness (QED) is 0.860. The summed E-state index contributed by atoms with van der Waals surface area (Å²) in [5.41, 5.74) is 3.97. The molecule has 3 rings (SSSR count). The normalized spacial score (nSPS) is 18.1. The summed E-state index contributed by atoms with van der Waals surface area (Å²) >= 11 is 0. The zero-order chi connectivity index (χ0) is 17.9. The minimum atomic E-state index is -4.38. The molecule has 1 amide bonds. The van der Waals surface area contributed by atoms with Gasteiger partial charge in [0.1, 0.15) is 11.9 Å². The molecule has 7 heteroatoms. The summed E-state index contributed by atoms with van der Waals surface area (Å²) in [5.74, 6) is 0.348. The van der Waals surface area contributed by atoms with Gasteiger partial charge in [-0.25, -0.2) is 5.01 Å². The van der Waals surface area contributed by atoms with Gasteiger partial charge < -0.3 is 4.74 Å². The average molecular weight is 350 g/mol. The Hall–Kier alpha value is -2.54. The zero-order valence-corrected chi connectivity index (χ0v) is 13.3. The predicted molar refractivity (Wildman–Crippen MR) is 85.7 cm³/mol. The highest BCUT2D eigenvalue weighted by atomic mass is 19.4. The molecule has 0 radical (unpaired) electrons. The minimum absolute atomic E-state index is 0.348. The van der Waals surface area contributed by atoms with Crippen LogP contribution in [0.3, 0.4) is 0 Å². The molecule has 0 bridgehead atoms. The van der Waals surface area contributed by atoms with E-state index in [-0.39, 0.29) is 0 Å². The second kappa shape index (κ2) is 7.14. The van der Waals surface area contributed by atoms with Crippen LogP contribution in [-0.2, 0) is 17.4 Å². The van der Waals surface area contributed by atoms with Crippen molar-refractivity contribution in [1.82, 2.24) is 10.4 Å². The molecule has 0 aliphatic carbocycles. The predicted octanol–water partition coefficient (Wildman–Crippen LogP) is 3.34. The van der Waals surface area contributed by atoms with E-state index < -0.39 is 17.8 Å². The Morgan fingerprint density at radius 2 is 1.84 bits per heavy atom. The number of rotatable bonds is 4. The fourth-order valence-corrected chi connectivity index (χ4v) is 2.90. The molecule has 1 aliphatic heterocycles. The van der Waals surface area contributed by atoms with Gasteiger partial charge in [0.25, 0.3) is 0 Å². The number of benzene rings is 2. The van der Waals surface area contributed by atoms with E-state index in [4.69, 9.17) is 4.74 Å². The van der Waals surface area contributed by atoms with E-state index in [1.807, 2.05) is 24.3 Å². The van der Waals surface area contributed by atoms with E-state index >= 15 is 0 Å². The lowest BCUT2D eigenvalue weighted by molar-refractivity contribution is -0.137. The molecule has 4 nitrogen and oxygen atoms in total. The van der Waals surface area contributed by atoms with Crippen LogP contribution in [0.1, 0.15) is 22.8 Å². The molecule has 0 fully saturated rings. The second-order valence-electron chi connectivity index (χ2n) is 5.77. The standard InChI is InChI=1S/C18H17F3N2O2/c19-18(20,21)14-5-7-15(8-6-14)25-17-11-23(22-12-24)10-9-13-3-1-2-4-16(13)17/h1-8,12,17H,9-11H2,(H,22,24). The summed E-state index contributed by atoms with van der Waals surface area (Å²) in [6, 6.07) is 12.4. The van der Waals surface area contributed by atoms with Crippen molar-refractivity contribution in [2.24, 2.45) is 0 Å². The first-order chi connectivity index (χ1) is 12.0. The number of alkyl halides is 3. The molecule has 132 valence electrons. The molecular formula is C18H17F3N2O2. The maximum Gasteiger partial charge on any atom is 0.416 e. The lowest BCUT2D eigenvalue weighted by Gasteiger charge is -2.24. The molecule has 2 aromatic rings. The zero-order valence-electron chi connectivity index (χ0n) is 13.3. The van der Waals surface area contributed by atoms with E-state index in [0.29, 0.717) is 25.2 Å². The van der Waals surface area contributed by atoms with Crippen LogP contribution < -0.4 is 10.2 Å². The van der Waals surface area contributed by atoms with Crippen LogP contribution in [0.5, 0.6) is 5.75 Å². The third-order valence-corrected chi connectivity index (χ3v) is 4.13. The summed E-state index contributed by atoms with van der Waals surface area (Å²) in [5, 5.41) is 1.74. The Kier molecular flexibility index (Phi) is 4.94. The number of fused-ring (bicyclic) bond motifs is 1. The smallest absolute Gasteiger partial charge is 0.416 e. The summed E-state index contributed by atoms with van der Waals surface area (Å²) < 4.78 is 44.0. The van der Waals surface area contributed by atoms with E-state index in [2.05, 4.69) is 5.43 Å². The molecule has 2 aromatic carbocycles. The number of halogens is 3. The van der Waals surface area contributed by atoms with Crippen molar-refractivity contribution in [3.05, 3.63) is 65.2 Å². The van der Waals surface area contributed by atoms with E-state index in [9.17, 15) is 18.0 Å². The summed E-state index contributed by atoms with van der Waals surface area (Å²) in [6.45, 7) is 1.03. The van der Waals surface area contributed by atoms with Crippen LogP contribution in [0.4, 0.5) is 13.2 Å². The minimum Gasteiger partial charge on any atom is -0.484 e. The number of ether oxygens (including phenoxy) is 1. The first-order valence-corrected chi connectivity index (χ1v) is 7.84. The van der Waals surface area contributed by atoms with Crippen molar-refractivity contribution in [3.63, 3.8) is 0 Å². The number of hydrogen-bond acceptors (Lipinski definition) is 3. The van der Waals surface area contributed by atoms with E-state index in [0.717, 1.165) is 29.7 Å². The highest BCUT2D eigenvalue weighted by Gasteiger charge is 2.30. The van der Waals surface area contributed by atoms with Crippen molar-refractivity contribution in [2.45, 2.75) is 18.7 Å². The Morgan fingerprint density at radius 1 is 1.12 bits per heavy atom. The fourth-order valence-electron chi connectivity index (χ4n) is 2.90. The van der Waals surface area contributed by atoms with Crippen molar-refractivity contribution in [2.75, 3.05) is 13.1 Å². The fraction of sp³-hybridized carbons (Fsp3) is 0.278. The van der Waals surface area contributed by atoms with Crippen LogP contribution in [0, 0.1) is 0 Å². The van der Waals surface area contributed by atoms with Gasteiger partial charge in [0.2, 0.25) is 6.41 Å². The number of nitrogens with zero attached hydrogens (tertiary/aromatic N) is 1. The number of amides is 1. The third kappa shape index (κ3) is 4.11. The number of hydrogen-bond donors (Lipinski definition) is 1. The number of hydrazine groups is 1. The Balaban J connectivity index is 1.84. The molecule has 1 atom stereocenters. The molecule has 1 aliphatic rings. The topological polar surface area (TPSA) is 41.6 Å². The molecule has 0 saturated heterocycles. The molecule has 0 saturated carbocycles. The van der Waals surface area contributed by atoms with Crippen molar-refractivity contribution < 1.29 is 22.7 Å². The molecule has 25 heavy (non-hydrogen) atoms. The second-order valence-corrected chi connectivity index (χ2v) is 5.77. The SMILES string of the molecule is O=CNN1CCc2ccccc2C(Oc2ccc(C(F)(F)F)cc2)C1. The highest BCUT2D eigenvalue weighted by Crippen LogP contribution is 2.32. The number of carbonyl (C=O) groups is 1. The largest absolute Gasteiger partial charge is 0.484 e. The van der Waals surface area contributed by atoms with Crippen molar-refractivity contribution >= 4 is 6.41 Å². The molecule has 1 heterocycles. The molecular weight excluding hydrogens is 333 g/mol. The van der Waals surface area contributed by atoms with E-state index in [1.54, 1.807) is 5.01 Å². The maximum absolute atomic E-state index is 12.7. The highest BCUT2D eigenvalue weighted by molar-refractivity contribution is 5.45. The first kappa shape index (κ1) is 17.3. The van der Waals surface area contributed by atoms with Gasteiger partial charge >= 0.3 is 6.18 Å². The Morgan fingerprint density at radius 3 is 2.52 bits per heavy atom. The van der Waals surface area contributed by atoms with Crippen molar-refractivity contribution in [1.29, 1.82) is 0 Å². The molecule has 0 spiro atoms. The van der Waals surface area contributed by atoms with Crippen LogP contribution in [0.15, 0.2) is 48.5 Å². The summed E-state index contributed by atoms with van der Waals surface area (Å²) in [7, 11) is 0. The van der Waals surface area contributed by atoms with Crippen LogP contribution in [-0.4, -0.2) is 24.5 Å². The van der Waals surface area contributed by atoms with Gasteiger partial charge in [-0.15, -0.1) is 0 Å².